The molecule has 0 bridgehead atoms. The van der Waals surface area contributed by atoms with Crippen LogP contribution in [-0.4, -0.2) is 62.4 Å². The van der Waals surface area contributed by atoms with Crippen molar-refractivity contribution < 1.29 is 19.4 Å². The van der Waals surface area contributed by atoms with Gasteiger partial charge in [-0.3, -0.25) is 4.79 Å². The molecule has 2 aromatic rings. The van der Waals surface area contributed by atoms with Crippen molar-refractivity contribution in [2.75, 3.05) is 19.7 Å². The number of carboxylic acids is 1. The molecule has 1 aromatic heterocycles. The summed E-state index contributed by atoms with van der Waals surface area (Å²) in [5.74, 6) is -1.27. The highest BCUT2D eigenvalue weighted by Crippen LogP contribution is 2.13. The first kappa shape index (κ1) is 14.2. The number of amides is 1. The fourth-order valence-corrected chi connectivity index (χ4v) is 2.26. The minimum absolute atomic E-state index is 0.0546. The van der Waals surface area contributed by atoms with Crippen LogP contribution in [0.5, 0.6) is 0 Å². The minimum Gasteiger partial charge on any atom is -0.479 e. The number of hydrogen-bond acceptors (Lipinski definition) is 5. The first-order valence-electron chi connectivity index (χ1n) is 6.74. The van der Waals surface area contributed by atoms with Gasteiger partial charge in [0.15, 0.2) is 6.10 Å². The van der Waals surface area contributed by atoms with E-state index < -0.39 is 12.1 Å². The first-order valence-corrected chi connectivity index (χ1v) is 6.74. The van der Waals surface area contributed by atoms with Crippen molar-refractivity contribution in [2.45, 2.75) is 6.10 Å². The van der Waals surface area contributed by atoms with Crippen LogP contribution < -0.4 is 0 Å². The van der Waals surface area contributed by atoms with Gasteiger partial charge in [-0.25, -0.2) is 14.5 Å². The summed E-state index contributed by atoms with van der Waals surface area (Å²) in [6, 6.07) is 6.89. The normalized spacial score (nSPS) is 18.2. The van der Waals surface area contributed by atoms with Crippen LogP contribution in [0.15, 0.2) is 36.9 Å². The molecule has 8 heteroatoms. The Bertz CT molecular complexity index is 669. The summed E-state index contributed by atoms with van der Waals surface area (Å²) in [6.07, 6.45) is 2.03. The van der Waals surface area contributed by atoms with Gasteiger partial charge in [-0.15, -0.1) is 0 Å². The summed E-state index contributed by atoms with van der Waals surface area (Å²) >= 11 is 0. The lowest BCUT2D eigenvalue weighted by molar-refractivity contribution is -0.154. The molecule has 1 fully saturated rings. The summed E-state index contributed by atoms with van der Waals surface area (Å²) in [4.78, 5) is 28.7. The van der Waals surface area contributed by atoms with Gasteiger partial charge in [0.05, 0.1) is 18.8 Å². The molecule has 0 saturated carbocycles. The number of carbonyl (C=O) groups is 2. The van der Waals surface area contributed by atoms with E-state index in [1.807, 2.05) is 0 Å². The fraction of sp³-hybridized carbons (Fsp3) is 0.286. The third kappa shape index (κ3) is 2.82. The molecule has 1 aromatic carbocycles. The molecule has 114 valence electrons. The van der Waals surface area contributed by atoms with E-state index in [-0.39, 0.29) is 19.1 Å². The lowest BCUT2D eigenvalue weighted by Crippen LogP contribution is -2.48. The third-order valence-corrected chi connectivity index (χ3v) is 3.43. The van der Waals surface area contributed by atoms with Crippen LogP contribution in [0.1, 0.15) is 10.4 Å². The predicted molar refractivity (Wildman–Crippen MR) is 74.6 cm³/mol. The highest BCUT2D eigenvalue weighted by molar-refractivity contribution is 5.94. The average Bonchev–Trinajstić information content (AvgIpc) is 3.09. The maximum atomic E-state index is 12.4. The van der Waals surface area contributed by atoms with Crippen LogP contribution in [0.25, 0.3) is 5.69 Å². The van der Waals surface area contributed by atoms with Gasteiger partial charge in [-0.1, -0.05) is 0 Å². The van der Waals surface area contributed by atoms with E-state index in [2.05, 4.69) is 10.1 Å². The molecule has 1 amide bonds. The summed E-state index contributed by atoms with van der Waals surface area (Å²) in [5.41, 5.74) is 1.29. The van der Waals surface area contributed by atoms with E-state index in [0.29, 0.717) is 12.1 Å². The van der Waals surface area contributed by atoms with E-state index >= 15 is 0 Å². The number of morpholine rings is 1. The molecular formula is C14H14N4O4. The number of carboxylic acid groups (broad SMARTS) is 1. The van der Waals surface area contributed by atoms with Crippen LogP contribution >= 0.6 is 0 Å². The van der Waals surface area contributed by atoms with Gasteiger partial charge in [0.2, 0.25) is 0 Å². The third-order valence-electron chi connectivity index (χ3n) is 3.43. The zero-order valence-electron chi connectivity index (χ0n) is 11.6. The van der Waals surface area contributed by atoms with E-state index in [4.69, 9.17) is 9.84 Å². The number of carbonyl (C=O) groups excluding carboxylic acids is 1. The molecule has 0 spiro atoms. The van der Waals surface area contributed by atoms with Gasteiger partial charge < -0.3 is 14.7 Å². The van der Waals surface area contributed by atoms with Crippen molar-refractivity contribution in [1.29, 1.82) is 0 Å². The molecule has 0 aliphatic carbocycles. The lowest BCUT2D eigenvalue weighted by atomic mass is 10.1. The van der Waals surface area contributed by atoms with Crippen molar-refractivity contribution in [3.8, 4) is 5.69 Å². The lowest BCUT2D eigenvalue weighted by Gasteiger charge is -2.30. The summed E-state index contributed by atoms with van der Waals surface area (Å²) in [5, 5.41) is 13.0. The standard InChI is InChI=1S/C14H14N4O4/c19-13(17-5-6-22-12(7-17)14(20)21)10-1-3-11(4-2-10)18-9-15-8-16-18/h1-4,8-9,12H,5-7H2,(H,20,21)/t12-/m1/s1. The highest BCUT2D eigenvalue weighted by Gasteiger charge is 2.29. The molecule has 22 heavy (non-hydrogen) atoms. The van der Waals surface area contributed by atoms with Crippen LogP contribution in [0.4, 0.5) is 0 Å². The van der Waals surface area contributed by atoms with Crippen molar-refractivity contribution in [3.63, 3.8) is 0 Å². The average molecular weight is 302 g/mol. The monoisotopic (exact) mass is 302 g/mol. The highest BCUT2D eigenvalue weighted by atomic mass is 16.5. The predicted octanol–water partition coefficient (Wildman–Crippen LogP) is 0.193. The van der Waals surface area contributed by atoms with Gasteiger partial charge in [-0.05, 0) is 24.3 Å². The summed E-state index contributed by atoms with van der Waals surface area (Å²) in [7, 11) is 0. The first-order chi connectivity index (χ1) is 10.6. The molecule has 3 rings (SSSR count). The topological polar surface area (TPSA) is 97.6 Å². The van der Waals surface area contributed by atoms with Crippen molar-refractivity contribution in [1.82, 2.24) is 19.7 Å². The zero-order chi connectivity index (χ0) is 15.5. The molecule has 0 unspecified atom stereocenters. The van der Waals surface area contributed by atoms with E-state index in [9.17, 15) is 9.59 Å². The van der Waals surface area contributed by atoms with Crippen LogP contribution in [-0.2, 0) is 9.53 Å². The molecule has 1 saturated heterocycles. The Morgan fingerprint density at radius 1 is 1.27 bits per heavy atom. The second-order valence-corrected chi connectivity index (χ2v) is 4.84. The number of benzene rings is 1. The van der Waals surface area contributed by atoms with Crippen LogP contribution in [0.3, 0.4) is 0 Å². The Labute approximate surface area is 125 Å². The maximum Gasteiger partial charge on any atom is 0.334 e. The molecule has 1 aliphatic rings. The van der Waals surface area contributed by atoms with Gasteiger partial charge in [-0.2, -0.15) is 5.10 Å². The van der Waals surface area contributed by atoms with Crippen molar-refractivity contribution in [3.05, 3.63) is 42.5 Å². The largest absolute Gasteiger partial charge is 0.479 e. The Kier molecular flexibility index (Phi) is 3.84. The quantitative estimate of drug-likeness (QED) is 0.869. The molecule has 1 atom stereocenters. The van der Waals surface area contributed by atoms with E-state index in [1.54, 1.807) is 35.3 Å². The smallest absolute Gasteiger partial charge is 0.334 e. The molecule has 1 aliphatic heterocycles. The number of aliphatic carboxylic acids is 1. The fourth-order valence-electron chi connectivity index (χ4n) is 2.26. The second kappa shape index (κ2) is 5.94. The Morgan fingerprint density at radius 3 is 2.68 bits per heavy atom. The SMILES string of the molecule is O=C(O)[C@H]1CN(C(=O)c2ccc(-n3cncn3)cc2)CCO1. The molecule has 8 nitrogen and oxygen atoms in total. The van der Waals surface area contributed by atoms with Crippen LogP contribution in [0.2, 0.25) is 0 Å². The van der Waals surface area contributed by atoms with E-state index in [1.165, 1.54) is 11.2 Å². The summed E-state index contributed by atoms with van der Waals surface area (Å²) < 4.78 is 6.70. The van der Waals surface area contributed by atoms with Gasteiger partial charge in [0.25, 0.3) is 5.91 Å². The number of ether oxygens (including phenoxy) is 1. The van der Waals surface area contributed by atoms with Gasteiger partial charge >= 0.3 is 5.97 Å². The minimum atomic E-state index is -1.06. The second-order valence-electron chi connectivity index (χ2n) is 4.84. The number of rotatable bonds is 3. The molecule has 2 heterocycles. The zero-order valence-corrected chi connectivity index (χ0v) is 11.6. The Balaban J connectivity index is 1.73. The Hall–Kier alpha value is -2.74. The van der Waals surface area contributed by atoms with Gasteiger partial charge in [0.1, 0.15) is 12.7 Å². The van der Waals surface area contributed by atoms with Gasteiger partial charge in [0, 0.05) is 12.1 Å². The Morgan fingerprint density at radius 2 is 2.05 bits per heavy atom. The number of hydrogen-bond donors (Lipinski definition) is 1. The number of aromatic nitrogens is 3. The maximum absolute atomic E-state index is 12.4. The molecule has 0 radical (unpaired) electrons. The van der Waals surface area contributed by atoms with E-state index in [0.717, 1.165) is 5.69 Å². The van der Waals surface area contributed by atoms with Crippen molar-refractivity contribution in [2.24, 2.45) is 0 Å². The van der Waals surface area contributed by atoms with Crippen LogP contribution in [0, 0.1) is 0 Å². The van der Waals surface area contributed by atoms with Crippen molar-refractivity contribution >= 4 is 11.9 Å². The molecule has 1 N–H and O–H groups in total. The molecular weight excluding hydrogens is 288 g/mol. The summed E-state index contributed by atoms with van der Waals surface area (Å²) in [6.45, 7) is 0.659. The number of nitrogens with zero attached hydrogens (tertiary/aromatic N) is 4.